The van der Waals surface area contributed by atoms with Gasteiger partial charge in [-0.3, -0.25) is 4.79 Å². The van der Waals surface area contributed by atoms with Crippen molar-refractivity contribution >= 4 is 33.9 Å². The van der Waals surface area contributed by atoms with Crippen molar-refractivity contribution in [3.05, 3.63) is 57.8 Å². The first-order chi connectivity index (χ1) is 12.4. The number of fused-ring (bicyclic) bond motifs is 1. The van der Waals surface area contributed by atoms with Crippen LogP contribution in [-0.2, 0) is 0 Å². The van der Waals surface area contributed by atoms with E-state index in [1.54, 1.807) is 45.5 Å². The highest BCUT2D eigenvalue weighted by Crippen LogP contribution is 2.36. The van der Waals surface area contributed by atoms with Gasteiger partial charge in [-0.2, -0.15) is 0 Å². The van der Waals surface area contributed by atoms with Crippen LogP contribution < -0.4 is 14.2 Å². The number of hydrogen-bond acceptors (Lipinski definition) is 5. The van der Waals surface area contributed by atoms with E-state index in [9.17, 15) is 9.59 Å². The zero-order valence-corrected chi connectivity index (χ0v) is 16.0. The predicted molar refractivity (Wildman–Crippen MR) is 99.8 cm³/mol. The van der Waals surface area contributed by atoms with Crippen LogP contribution in [0.25, 0.3) is 6.08 Å². The van der Waals surface area contributed by atoms with Gasteiger partial charge in [-0.05, 0) is 36.4 Å². The number of ketones is 1. The van der Waals surface area contributed by atoms with Gasteiger partial charge in [0.1, 0.15) is 17.2 Å². The van der Waals surface area contributed by atoms with Gasteiger partial charge in [0.15, 0.2) is 5.76 Å². The van der Waals surface area contributed by atoms with Gasteiger partial charge in [-0.15, -0.1) is 0 Å². The molecule has 0 fully saturated rings. The molecule has 0 spiro atoms. The van der Waals surface area contributed by atoms with Crippen LogP contribution in [0.2, 0.25) is 0 Å². The van der Waals surface area contributed by atoms with Crippen molar-refractivity contribution in [3.8, 4) is 17.2 Å². The molecule has 3 rings (SSSR count). The molecule has 1 aliphatic rings. The number of halogens is 1. The molecule has 2 aromatic rings. The molecule has 0 atom stereocenters. The fraction of sp³-hybridized carbons (Fsp3) is 0.158. The van der Waals surface area contributed by atoms with Gasteiger partial charge in [-0.1, -0.05) is 15.9 Å². The summed E-state index contributed by atoms with van der Waals surface area (Å²) in [6.07, 6.45) is 1.11. The maximum atomic E-state index is 12.6. The minimum Gasteiger partial charge on any atom is -0.496 e. The summed E-state index contributed by atoms with van der Waals surface area (Å²) >= 11 is 3.40. The number of ether oxygens (including phenoxy) is 3. The van der Waals surface area contributed by atoms with Gasteiger partial charge < -0.3 is 19.1 Å². The first-order valence-corrected chi connectivity index (χ1v) is 8.49. The molecule has 1 heterocycles. The average Bonchev–Trinajstić information content (AvgIpc) is 2.90. The molecule has 134 valence electrons. The molecule has 0 aliphatic carbocycles. The van der Waals surface area contributed by atoms with Gasteiger partial charge >= 0.3 is 6.09 Å². The van der Waals surface area contributed by atoms with E-state index in [-0.39, 0.29) is 11.5 Å². The summed E-state index contributed by atoms with van der Waals surface area (Å²) in [6, 6.07) is 10.1. The van der Waals surface area contributed by atoms with Gasteiger partial charge in [-0.25, -0.2) is 4.79 Å². The number of allylic oxidation sites excluding steroid dienone is 1. The molecule has 6 nitrogen and oxygen atoms in total. The number of Topliss-reactive ketones (excluding diaryl/α,β-unsaturated/α-hetero) is 1. The highest BCUT2D eigenvalue weighted by Gasteiger charge is 2.28. The molecule has 0 bridgehead atoms. The summed E-state index contributed by atoms with van der Waals surface area (Å²) in [5.41, 5.74) is 1.12. The number of hydrogen-bond donors (Lipinski definition) is 0. The van der Waals surface area contributed by atoms with E-state index in [2.05, 4.69) is 15.9 Å². The number of benzene rings is 2. The summed E-state index contributed by atoms with van der Waals surface area (Å²) in [5.74, 6) is 1.20. The summed E-state index contributed by atoms with van der Waals surface area (Å²) in [7, 11) is 4.73. The first-order valence-electron chi connectivity index (χ1n) is 7.70. The third kappa shape index (κ3) is 3.57. The van der Waals surface area contributed by atoms with Crippen molar-refractivity contribution in [1.82, 2.24) is 4.90 Å². The summed E-state index contributed by atoms with van der Waals surface area (Å²) in [6.45, 7) is 0. The van der Waals surface area contributed by atoms with Crippen molar-refractivity contribution in [2.45, 2.75) is 0 Å². The largest absolute Gasteiger partial charge is 0.496 e. The molecule has 0 saturated carbocycles. The Morgan fingerprint density at radius 3 is 2.65 bits per heavy atom. The quantitative estimate of drug-likeness (QED) is 0.702. The van der Waals surface area contributed by atoms with Crippen molar-refractivity contribution in [1.29, 1.82) is 0 Å². The number of nitrogens with zero attached hydrogens (tertiary/aromatic N) is 1. The molecule has 26 heavy (non-hydrogen) atoms. The Morgan fingerprint density at radius 1 is 1.19 bits per heavy atom. The molecule has 0 radical (unpaired) electrons. The second-order valence-electron chi connectivity index (χ2n) is 5.75. The lowest BCUT2D eigenvalue weighted by molar-refractivity contribution is 0.101. The summed E-state index contributed by atoms with van der Waals surface area (Å²) in [5, 5.41) is 0. The molecular weight excluding hydrogens is 402 g/mol. The zero-order chi connectivity index (χ0) is 18.8. The van der Waals surface area contributed by atoms with Gasteiger partial charge in [0.25, 0.3) is 0 Å². The van der Waals surface area contributed by atoms with Gasteiger partial charge in [0.2, 0.25) is 5.78 Å². The minimum atomic E-state index is -0.510. The van der Waals surface area contributed by atoms with E-state index in [0.717, 1.165) is 4.47 Å². The lowest BCUT2D eigenvalue weighted by Crippen LogP contribution is -2.25. The topological polar surface area (TPSA) is 65.1 Å². The lowest BCUT2D eigenvalue weighted by Gasteiger charge is -2.10. The number of amides is 1. The maximum Gasteiger partial charge on any atom is 0.414 e. The SMILES string of the molecule is COc1ccc(Br)cc1C=C1Oc2cc(OC(=O)N(C)C)ccc2C1=O. The second kappa shape index (κ2) is 7.21. The van der Waals surface area contributed by atoms with E-state index >= 15 is 0 Å². The number of carbonyl (C=O) groups is 2. The van der Waals surface area contributed by atoms with E-state index in [1.807, 2.05) is 12.1 Å². The minimum absolute atomic E-state index is 0.174. The third-order valence-electron chi connectivity index (χ3n) is 3.69. The fourth-order valence-corrected chi connectivity index (χ4v) is 2.76. The highest BCUT2D eigenvalue weighted by molar-refractivity contribution is 9.10. The van der Waals surface area contributed by atoms with E-state index < -0.39 is 6.09 Å². The summed E-state index contributed by atoms with van der Waals surface area (Å²) < 4.78 is 17.0. The van der Waals surface area contributed by atoms with Crippen LogP contribution in [0.5, 0.6) is 17.2 Å². The molecule has 7 heteroatoms. The number of rotatable bonds is 3. The molecule has 1 aliphatic heterocycles. The van der Waals surface area contributed by atoms with Crippen molar-refractivity contribution in [2.75, 3.05) is 21.2 Å². The normalized spacial score (nSPS) is 14.0. The van der Waals surface area contributed by atoms with Crippen molar-refractivity contribution in [3.63, 3.8) is 0 Å². The van der Waals surface area contributed by atoms with Gasteiger partial charge in [0, 0.05) is 30.2 Å². The maximum absolute atomic E-state index is 12.6. The summed E-state index contributed by atoms with van der Waals surface area (Å²) in [4.78, 5) is 25.5. The van der Waals surface area contributed by atoms with E-state index in [4.69, 9.17) is 14.2 Å². The third-order valence-corrected chi connectivity index (χ3v) is 4.18. The average molecular weight is 418 g/mol. The Balaban J connectivity index is 1.90. The highest BCUT2D eigenvalue weighted by atomic mass is 79.9. The monoisotopic (exact) mass is 417 g/mol. The van der Waals surface area contributed by atoms with Crippen LogP contribution in [0.3, 0.4) is 0 Å². The van der Waals surface area contributed by atoms with Crippen LogP contribution in [-0.4, -0.2) is 38.0 Å². The van der Waals surface area contributed by atoms with Gasteiger partial charge in [0.05, 0.1) is 12.7 Å². The number of carbonyl (C=O) groups excluding carboxylic acids is 2. The lowest BCUT2D eigenvalue weighted by atomic mass is 10.1. The van der Waals surface area contributed by atoms with Crippen molar-refractivity contribution in [2.24, 2.45) is 0 Å². The van der Waals surface area contributed by atoms with Crippen LogP contribution in [0.1, 0.15) is 15.9 Å². The Hall–Kier alpha value is -2.80. The molecule has 0 aromatic heterocycles. The first kappa shape index (κ1) is 18.0. The molecule has 0 unspecified atom stereocenters. The standard InChI is InChI=1S/C19H16BrNO5/c1-21(2)19(23)25-13-5-6-14-16(10-13)26-17(18(14)22)9-11-8-12(20)4-7-15(11)24-3/h4-10H,1-3H3. The smallest absolute Gasteiger partial charge is 0.414 e. The fourth-order valence-electron chi connectivity index (χ4n) is 2.38. The van der Waals surface area contributed by atoms with E-state index in [1.165, 1.54) is 11.0 Å². The molecule has 0 saturated heterocycles. The van der Waals surface area contributed by atoms with Crippen molar-refractivity contribution < 1.29 is 23.8 Å². The second-order valence-corrected chi connectivity index (χ2v) is 6.66. The Morgan fingerprint density at radius 2 is 1.96 bits per heavy atom. The number of methoxy groups -OCH3 is 1. The molecular formula is C19H16BrNO5. The molecule has 1 amide bonds. The Kier molecular flexibility index (Phi) is 4.99. The Labute approximate surface area is 159 Å². The van der Waals surface area contributed by atoms with Crippen LogP contribution in [0, 0.1) is 0 Å². The van der Waals surface area contributed by atoms with Crippen LogP contribution in [0.15, 0.2) is 46.6 Å². The molecule has 0 N–H and O–H groups in total. The Bertz CT molecular complexity index is 920. The predicted octanol–water partition coefficient (Wildman–Crippen LogP) is 4.13. The van der Waals surface area contributed by atoms with Crippen LogP contribution in [0.4, 0.5) is 4.79 Å². The van der Waals surface area contributed by atoms with Crippen LogP contribution >= 0.6 is 15.9 Å². The van der Waals surface area contributed by atoms with E-state index in [0.29, 0.717) is 28.4 Å². The zero-order valence-electron chi connectivity index (χ0n) is 14.4. The molecule has 2 aromatic carbocycles.